The molecule has 8 nitrogen and oxygen atoms in total. The molecule has 2 atom stereocenters. The fraction of sp³-hybridized carbons (Fsp3) is 0.886. The molecule has 0 spiro atoms. The molecule has 0 aromatic heterocycles. The van der Waals surface area contributed by atoms with Crippen LogP contribution in [-0.4, -0.2) is 49.9 Å². The second kappa shape index (κ2) is 42.1. The zero-order valence-corrected chi connectivity index (χ0v) is 35.7. The van der Waals surface area contributed by atoms with Gasteiger partial charge in [0.1, 0.15) is 6.10 Å². The Morgan fingerprint density at radius 2 is 0.943 bits per heavy atom. The summed E-state index contributed by atoms with van der Waals surface area (Å²) >= 11 is 0. The van der Waals surface area contributed by atoms with E-state index in [1.165, 1.54) is 148 Å². The van der Waals surface area contributed by atoms with E-state index in [0.29, 0.717) is 13.0 Å². The standard InChI is InChI=1S/C44H86NO7P/c1-3-5-7-9-11-13-15-17-19-21-22-24-26-28-30-32-34-36-39-49-41-43(42-51-53(47,48)50-40-38-45)52-44(46)37-35-33-31-29-27-25-23-20-18-16-14-12-10-8-6-4-2/h17,19-20,23,43H,3-16,18,21-22,24-42,45H2,1-2H3,(H,47,48)/b19-17-,23-20-. The first-order valence-electron chi connectivity index (χ1n) is 22.3. The molecule has 314 valence electrons. The Morgan fingerprint density at radius 3 is 1.38 bits per heavy atom. The van der Waals surface area contributed by atoms with Crippen LogP contribution in [0.3, 0.4) is 0 Å². The van der Waals surface area contributed by atoms with Gasteiger partial charge in [-0.3, -0.25) is 13.8 Å². The minimum absolute atomic E-state index is 0.0963. The summed E-state index contributed by atoms with van der Waals surface area (Å²) in [6.45, 7) is 4.92. The molecule has 0 saturated carbocycles. The van der Waals surface area contributed by atoms with Gasteiger partial charge in [0.25, 0.3) is 0 Å². The van der Waals surface area contributed by atoms with E-state index in [2.05, 4.69) is 38.2 Å². The van der Waals surface area contributed by atoms with Crippen molar-refractivity contribution in [2.24, 2.45) is 5.73 Å². The Morgan fingerprint density at radius 1 is 0.547 bits per heavy atom. The number of unbranched alkanes of at least 4 members (excludes halogenated alkanes) is 26. The minimum Gasteiger partial charge on any atom is -0.457 e. The molecule has 3 N–H and O–H groups in total. The lowest BCUT2D eigenvalue weighted by atomic mass is 10.1. The van der Waals surface area contributed by atoms with Gasteiger partial charge in [-0.1, -0.05) is 167 Å². The predicted octanol–water partition coefficient (Wildman–Crippen LogP) is 13.3. The van der Waals surface area contributed by atoms with Gasteiger partial charge in [-0.15, -0.1) is 0 Å². The summed E-state index contributed by atoms with van der Waals surface area (Å²) in [4.78, 5) is 22.5. The number of phosphoric acid groups is 1. The summed E-state index contributed by atoms with van der Waals surface area (Å²) in [6, 6.07) is 0. The van der Waals surface area contributed by atoms with E-state index in [9.17, 15) is 14.3 Å². The number of hydrogen-bond acceptors (Lipinski definition) is 7. The van der Waals surface area contributed by atoms with Crippen molar-refractivity contribution >= 4 is 13.8 Å². The average molecular weight is 772 g/mol. The average Bonchev–Trinajstić information content (AvgIpc) is 3.15. The Labute approximate surface area is 327 Å². The van der Waals surface area contributed by atoms with E-state index in [-0.39, 0.29) is 32.3 Å². The number of allylic oxidation sites excluding steroid dienone is 4. The van der Waals surface area contributed by atoms with Crippen molar-refractivity contribution in [1.82, 2.24) is 0 Å². The molecule has 0 rings (SSSR count). The molecule has 0 aliphatic carbocycles. The van der Waals surface area contributed by atoms with Gasteiger partial charge in [0.15, 0.2) is 0 Å². The smallest absolute Gasteiger partial charge is 0.457 e. The van der Waals surface area contributed by atoms with Crippen molar-refractivity contribution in [1.29, 1.82) is 0 Å². The normalized spacial score (nSPS) is 13.7. The summed E-state index contributed by atoms with van der Waals surface area (Å²) in [7, 11) is -4.28. The highest BCUT2D eigenvalue weighted by molar-refractivity contribution is 7.47. The molecule has 0 aromatic rings. The number of carbonyl (C=O) groups excluding carboxylic acids is 1. The minimum atomic E-state index is -4.28. The quantitative estimate of drug-likeness (QED) is 0.0272. The maximum atomic E-state index is 12.6. The van der Waals surface area contributed by atoms with Crippen molar-refractivity contribution in [2.45, 2.75) is 219 Å². The van der Waals surface area contributed by atoms with Crippen molar-refractivity contribution in [3.05, 3.63) is 24.3 Å². The molecule has 0 radical (unpaired) electrons. The molecule has 9 heteroatoms. The molecule has 0 fully saturated rings. The van der Waals surface area contributed by atoms with Crippen molar-refractivity contribution in [3.63, 3.8) is 0 Å². The van der Waals surface area contributed by atoms with E-state index in [4.69, 9.17) is 24.3 Å². The lowest BCUT2D eigenvalue weighted by Gasteiger charge is -2.20. The second-order valence-corrected chi connectivity index (χ2v) is 16.4. The monoisotopic (exact) mass is 772 g/mol. The van der Waals surface area contributed by atoms with E-state index in [1.807, 2.05) is 0 Å². The van der Waals surface area contributed by atoms with E-state index in [1.54, 1.807) is 0 Å². The van der Waals surface area contributed by atoms with Gasteiger partial charge in [0.2, 0.25) is 0 Å². The van der Waals surface area contributed by atoms with Gasteiger partial charge in [-0.2, -0.15) is 0 Å². The molecule has 53 heavy (non-hydrogen) atoms. The summed E-state index contributed by atoms with van der Waals surface area (Å²) in [5.41, 5.74) is 5.37. The predicted molar refractivity (Wildman–Crippen MR) is 224 cm³/mol. The van der Waals surface area contributed by atoms with Gasteiger partial charge in [0.05, 0.1) is 19.8 Å². The van der Waals surface area contributed by atoms with Crippen LogP contribution in [0.25, 0.3) is 0 Å². The molecule has 0 amide bonds. The summed E-state index contributed by atoms with van der Waals surface area (Å²) in [5.74, 6) is -0.338. The van der Waals surface area contributed by atoms with Crippen LogP contribution in [0.2, 0.25) is 0 Å². The van der Waals surface area contributed by atoms with Gasteiger partial charge < -0.3 is 20.1 Å². The van der Waals surface area contributed by atoms with Crippen molar-refractivity contribution in [2.75, 3.05) is 33.0 Å². The van der Waals surface area contributed by atoms with Crippen LogP contribution in [-0.2, 0) is 27.9 Å². The maximum absolute atomic E-state index is 12.6. The molecular formula is C44H86NO7P. The van der Waals surface area contributed by atoms with Gasteiger partial charge in [-0.05, 0) is 64.2 Å². The zero-order chi connectivity index (χ0) is 38.8. The fourth-order valence-corrected chi connectivity index (χ4v) is 7.05. The lowest BCUT2D eigenvalue weighted by molar-refractivity contribution is -0.154. The summed E-state index contributed by atoms with van der Waals surface area (Å²) in [6.07, 6.45) is 46.2. The molecular weight excluding hydrogens is 685 g/mol. The number of ether oxygens (including phenoxy) is 2. The van der Waals surface area contributed by atoms with E-state index in [0.717, 1.165) is 44.9 Å². The first-order valence-corrected chi connectivity index (χ1v) is 23.8. The Hall–Kier alpha value is -1.02. The SMILES string of the molecule is CCCCCCCC/C=C\CCCCCCCCCCOCC(COP(=O)(O)OCCN)OC(=O)CCCCCCC/C=C\CCCCCCCCC. The van der Waals surface area contributed by atoms with E-state index < -0.39 is 13.9 Å². The number of nitrogens with two attached hydrogens (primary N) is 1. The number of phosphoric ester groups is 1. The first-order chi connectivity index (χ1) is 25.9. The van der Waals surface area contributed by atoms with Crippen LogP contribution in [0.4, 0.5) is 0 Å². The molecule has 0 bridgehead atoms. The molecule has 0 saturated heterocycles. The third kappa shape index (κ3) is 42.0. The highest BCUT2D eigenvalue weighted by Gasteiger charge is 2.25. The van der Waals surface area contributed by atoms with Crippen LogP contribution < -0.4 is 5.73 Å². The second-order valence-electron chi connectivity index (χ2n) is 14.9. The largest absolute Gasteiger partial charge is 0.472 e. The van der Waals surface area contributed by atoms with Crippen molar-refractivity contribution in [3.8, 4) is 0 Å². The summed E-state index contributed by atoms with van der Waals surface area (Å²) in [5, 5.41) is 0. The van der Waals surface area contributed by atoms with Crippen LogP contribution in [0.5, 0.6) is 0 Å². The topological polar surface area (TPSA) is 117 Å². The molecule has 0 aromatic carbocycles. The van der Waals surface area contributed by atoms with Crippen LogP contribution in [0, 0.1) is 0 Å². The first kappa shape index (κ1) is 52.0. The van der Waals surface area contributed by atoms with Crippen LogP contribution in [0.15, 0.2) is 24.3 Å². The van der Waals surface area contributed by atoms with Gasteiger partial charge in [0, 0.05) is 19.6 Å². The third-order valence-electron chi connectivity index (χ3n) is 9.59. The van der Waals surface area contributed by atoms with Gasteiger partial charge in [-0.25, -0.2) is 4.57 Å². The van der Waals surface area contributed by atoms with Crippen molar-refractivity contribution < 1.29 is 32.8 Å². The van der Waals surface area contributed by atoms with E-state index >= 15 is 0 Å². The number of carbonyl (C=O) groups is 1. The Kier molecular flexibility index (Phi) is 41.3. The third-order valence-corrected chi connectivity index (χ3v) is 10.6. The maximum Gasteiger partial charge on any atom is 0.472 e. The van der Waals surface area contributed by atoms with Crippen LogP contribution >= 0.6 is 7.82 Å². The fourth-order valence-electron chi connectivity index (χ4n) is 6.28. The zero-order valence-electron chi connectivity index (χ0n) is 34.8. The summed E-state index contributed by atoms with van der Waals surface area (Å²) < 4.78 is 33.4. The molecule has 2 unspecified atom stereocenters. The highest BCUT2D eigenvalue weighted by atomic mass is 31.2. The number of rotatable bonds is 43. The number of esters is 1. The van der Waals surface area contributed by atoms with Gasteiger partial charge >= 0.3 is 13.8 Å². The highest BCUT2D eigenvalue weighted by Crippen LogP contribution is 2.43. The lowest BCUT2D eigenvalue weighted by Crippen LogP contribution is -2.28. The molecule has 0 aliphatic heterocycles. The molecule has 0 heterocycles. The number of hydrogen-bond donors (Lipinski definition) is 2. The Bertz CT molecular complexity index is 869. The Balaban J connectivity index is 4.01. The molecule has 0 aliphatic rings. The van der Waals surface area contributed by atoms with Crippen LogP contribution in [0.1, 0.15) is 213 Å².